The van der Waals surface area contributed by atoms with Gasteiger partial charge in [-0.15, -0.1) is 0 Å². The van der Waals surface area contributed by atoms with Gasteiger partial charge in [-0.3, -0.25) is 9.79 Å². The van der Waals surface area contributed by atoms with Crippen LogP contribution in [0.15, 0.2) is 32.3 Å². The van der Waals surface area contributed by atoms with Gasteiger partial charge < -0.3 is 4.74 Å². The molecule has 0 fully saturated rings. The number of nitrogens with zero attached hydrogens (tertiary/aromatic N) is 2. The Morgan fingerprint density at radius 1 is 1.53 bits per heavy atom. The number of halogens is 1. The Morgan fingerprint density at radius 3 is 3.00 bits per heavy atom. The molecule has 0 bridgehead atoms. The zero-order valence-corrected chi connectivity index (χ0v) is 10.6. The number of aliphatic imine (C=N–C) groups is 2. The van der Waals surface area contributed by atoms with Crippen LogP contribution in [0, 0.1) is 0 Å². The molecule has 0 saturated carbocycles. The molecule has 0 aromatic heterocycles. The van der Waals surface area contributed by atoms with Crippen molar-refractivity contribution in [3.63, 3.8) is 0 Å². The van der Waals surface area contributed by atoms with Gasteiger partial charge in [-0.2, -0.15) is 0 Å². The highest BCUT2D eigenvalue weighted by Gasteiger charge is 2.29. The van der Waals surface area contributed by atoms with Gasteiger partial charge in [-0.1, -0.05) is 0 Å². The number of ketones is 1. The van der Waals surface area contributed by atoms with E-state index in [2.05, 4.69) is 25.9 Å². The Kier molecular flexibility index (Phi) is 3.33. The molecule has 2 heterocycles. The van der Waals surface area contributed by atoms with Crippen molar-refractivity contribution in [3.05, 3.63) is 22.3 Å². The number of esters is 1. The van der Waals surface area contributed by atoms with Gasteiger partial charge in [0, 0.05) is 16.8 Å². The number of fused-ring (bicyclic) bond motifs is 1. The molecule has 2 rings (SSSR count). The molecule has 0 aromatic rings. The maximum Gasteiger partial charge on any atom is 0.357 e. The fourth-order valence-corrected chi connectivity index (χ4v) is 1.84. The van der Waals surface area contributed by atoms with E-state index < -0.39 is 12.0 Å². The summed E-state index contributed by atoms with van der Waals surface area (Å²) in [5.41, 5.74) is 0.478. The number of ether oxygens (including phenoxy) is 1. The average molecular weight is 297 g/mol. The van der Waals surface area contributed by atoms with E-state index in [1.54, 1.807) is 19.2 Å². The molecule has 0 radical (unpaired) electrons. The molecule has 0 amide bonds. The second kappa shape index (κ2) is 4.75. The van der Waals surface area contributed by atoms with E-state index in [9.17, 15) is 9.59 Å². The van der Waals surface area contributed by atoms with E-state index in [4.69, 9.17) is 4.74 Å². The third-order valence-electron chi connectivity index (χ3n) is 2.20. The fraction of sp³-hybridized carbons (Fsp3) is 0.273. The van der Waals surface area contributed by atoms with Crippen LogP contribution in [0.4, 0.5) is 0 Å². The predicted octanol–water partition coefficient (Wildman–Crippen LogP) is 1.19. The molecule has 0 N–H and O–H groups in total. The lowest BCUT2D eigenvalue weighted by molar-refractivity contribution is -0.138. The van der Waals surface area contributed by atoms with Crippen molar-refractivity contribution in [2.45, 2.75) is 13.0 Å². The number of hydrogen-bond acceptors (Lipinski definition) is 5. The van der Waals surface area contributed by atoms with Gasteiger partial charge in [0.25, 0.3) is 0 Å². The summed E-state index contributed by atoms with van der Waals surface area (Å²) < 4.78 is 5.51. The summed E-state index contributed by atoms with van der Waals surface area (Å²) in [6.45, 7) is 1.94. The van der Waals surface area contributed by atoms with Crippen LogP contribution in [0.3, 0.4) is 0 Å². The minimum Gasteiger partial charge on any atom is -0.461 e. The third-order valence-corrected chi connectivity index (χ3v) is 2.63. The highest BCUT2D eigenvalue weighted by molar-refractivity contribution is 9.12. The molecule has 17 heavy (non-hydrogen) atoms. The normalized spacial score (nSPS) is 22.4. The lowest BCUT2D eigenvalue weighted by Crippen LogP contribution is -2.32. The minimum atomic E-state index is -0.630. The zero-order valence-electron chi connectivity index (χ0n) is 9.01. The summed E-state index contributed by atoms with van der Waals surface area (Å²) in [7, 11) is 0. The lowest BCUT2D eigenvalue weighted by atomic mass is 10.0. The van der Waals surface area contributed by atoms with Crippen LogP contribution in [0.2, 0.25) is 0 Å². The van der Waals surface area contributed by atoms with Crippen molar-refractivity contribution in [1.29, 1.82) is 0 Å². The van der Waals surface area contributed by atoms with Crippen LogP contribution in [-0.2, 0) is 14.3 Å². The Labute approximate surface area is 106 Å². The largest absolute Gasteiger partial charge is 0.461 e. The van der Waals surface area contributed by atoms with E-state index in [1.807, 2.05) is 0 Å². The average Bonchev–Trinajstić information content (AvgIpc) is 2.28. The first-order valence-corrected chi connectivity index (χ1v) is 5.82. The van der Waals surface area contributed by atoms with Gasteiger partial charge in [0.15, 0.2) is 17.5 Å². The Balaban J connectivity index is 2.32. The number of rotatable bonds is 2. The SMILES string of the molecule is CCOC(=O)C1=CC(=O)C2N=CC(Br)=CC2=N1. The first-order valence-electron chi connectivity index (χ1n) is 5.03. The van der Waals surface area contributed by atoms with Crippen LogP contribution in [0.25, 0.3) is 0 Å². The Bertz CT molecular complexity index is 503. The molecular formula is C11H9BrN2O3. The Hall–Kier alpha value is -1.56. The van der Waals surface area contributed by atoms with Crippen LogP contribution >= 0.6 is 15.9 Å². The first kappa shape index (κ1) is 11.9. The van der Waals surface area contributed by atoms with Crippen molar-refractivity contribution < 1.29 is 14.3 Å². The number of hydrogen-bond donors (Lipinski definition) is 0. The third kappa shape index (κ3) is 2.41. The number of carbonyl (C=O) groups excluding carboxylic acids is 2. The van der Waals surface area contributed by atoms with Crippen LogP contribution in [-0.4, -0.2) is 36.3 Å². The summed E-state index contributed by atoms with van der Waals surface area (Å²) in [6.07, 6.45) is 4.39. The Morgan fingerprint density at radius 2 is 2.29 bits per heavy atom. The topological polar surface area (TPSA) is 68.1 Å². The van der Waals surface area contributed by atoms with E-state index >= 15 is 0 Å². The van der Waals surface area contributed by atoms with Crippen molar-refractivity contribution in [3.8, 4) is 0 Å². The molecule has 2 aliphatic heterocycles. The molecular weight excluding hydrogens is 288 g/mol. The minimum absolute atomic E-state index is 0.0248. The lowest BCUT2D eigenvalue weighted by Gasteiger charge is -2.18. The number of dihydropyridines is 1. The van der Waals surface area contributed by atoms with Gasteiger partial charge in [-0.05, 0) is 28.9 Å². The molecule has 6 heteroatoms. The van der Waals surface area contributed by atoms with Crippen molar-refractivity contribution >= 4 is 39.6 Å². The van der Waals surface area contributed by atoms with E-state index in [1.165, 1.54) is 6.08 Å². The smallest absolute Gasteiger partial charge is 0.357 e. The highest BCUT2D eigenvalue weighted by Crippen LogP contribution is 2.19. The molecule has 0 aliphatic carbocycles. The van der Waals surface area contributed by atoms with E-state index in [-0.39, 0.29) is 18.1 Å². The van der Waals surface area contributed by atoms with Gasteiger partial charge in [-0.25, -0.2) is 9.79 Å². The van der Waals surface area contributed by atoms with Crippen LogP contribution in [0.5, 0.6) is 0 Å². The van der Waals surface area contributed by atoms with Crippen LogP contribution in [0.1, 0.15) is 6.92 Å². The molecule has 5 nitrogen and oxygen atoms in total. The molecule has 0 spiro atoms. The number of allylic oxidation sites excluding steroid dienone is 1. The monoisotopic (exact) mass is 296 g/mol. The van der Waals surface area contributed by atoms with E-state index in [0.29, 0.717) is 10.2 Å². The van der Waals surface area contributed by atoms with Crippen molar-refractivity contribution in [2.24, 2.45) is 9.98 Å². The molecule has 88 valence electrons. The van der Waals surface area contributed by atoms with Gasteiger partial charge >= 0.3 is 5.97 Å². The zero-order chi connectivity index (χ0) is 12.4. The fourth-order valence-electron chi connectivity index (χ4n) is 1.49. The standard InChI is InChI=1S/C11H9BrN2O3/c1-2-17-11(16)8-4-9(15)10-7(14-8)3-6(12)5-13-10/h3-5,10H,2H2,1H3. The molecule has 1 unspecified atom stereocenters. The second-order valence-corrected chi connectivity index (χ2v) is 4.31. The predicted molar refractivity (Wildman–Crippen MR) is 66.4 cm³/mol. The van der Waals surface area contributed by atoms with E-state index in [0.717, 1.165) is 0 Å². The highest BCUT2D eigenvalue weighted by atomic mass is 79.9. The molecule has 1 atom stereocenters. The maximum atomic E-state index is 11.7. The second-order valence-electron chi connectivity index (χ2n) is 3.40. The number of carbonyl (C=O) groups is 2. The van der Waals surface area contributed by atoms with Crippen LogP contribution < -0.4 is 0 Å². The van der Waals surface area contributed by atoms with Gasteiger partial charge in [0.1, 0.15) is 0 Å². The first-order chi connectivity index (χ1) is 8.11. The summed E-state index contributed by atoms with van der Waals surface area (Å²) in [4.78, 5) is 31.3. The summed E-state index contributed by atoms with van der Waals surface area (Å²) in [5.74, 6) is -0.851. The maximum absolute atomic E-state index is 11.7. The summed E-state index contributed by atoms with van der Waals surface area (Å²) in [6, 6.07) is -0.630. The van der Waals surface area contributed by atoms with Gasteiger partial charge in [0.2, 0.25) is 0 Å². The van der Waals surface area contributed by atoms with Crippen molar-refractivity contribution in [1.82, 2.24) is 0 Å². The van der Waals surface area contributed by atoms with Gasteiger partial charge in [0.05, 0.1) is 12.3 Å². The summed E-state index contributed by atoms with van der Waals surface area (Å²) in [5, 5.41) is 0. The van der Waals surface area contributed by atoms with Crippen molar-refractivity contribution in [2.75, 3.05) is 6.61 Å². The molecule has 0 aromatic carbocycles. The summed E-state index contributed by atoms with van der Waals surface area (Å²) >= 11 is 3.24. The molecule has 2 aliphatic rings. The molecule has 0 saturated heterocycles. The quantitative estimate of drug-likeness (QED) is 0.719.